The van der Waals surface area contributed by atoms with Crippen LogP contribution in [0.3, 0.4) is 0 Å². The maximum atomic E-state index is 14.4. The summed E-state index contributed by atoms with van der Waals surface area (Å²) in [7, 11) is 0. The largest absolute Gasteiger partial charge is 0.492 e. The maximum Gasteiger partial charge on any atom is 0.230 e. The molecule has 0 aliphatic carbocycles. The third kappa shape index (κ3) is 2.98. The molecule has 0 fully saturated rings. The molecule has 3 aromatic rings. The van der Waals surface area contributed by atoms with Crippen molar-refractivity contribution in [1.29, 1.82) is 0 Å². The normalized spacial score (nSPS) is 13.0. The lowest BCUT2D eigenvalue weighted by molar-refractivity contribution is 0.135. The Hall–Kier alpha value is -2.07. The van der Waals surface area contributed by atoms with E-state index in [1.807, 2.05) is 0 Å². The van der Waals surface area contributed by atoms with Crippen molar-refractivity contribution >= 4 is 16.3 Å². The van der Waals surface area contributed by atoms with Crippen LogP contribution in [-0.4, -0.2) is 61.1 Å². The minimum absolute atomic E-state index is 0.123. The smallest absolute Gasteiger partial charge is 0.230 e. The molecule has 0 saturated carbocycles. The quantitative estimate of drug-likeness (QED) is 0.588. The highest BCUT2D eigenvalue weighted by Crippen LogP contribution is 2.40. The predicted molar refractivity (Wildman–Crippen MR) is 86.5 cm³/mol. The molecule has 2 aromatic heterocycles. The first-order chi connectivity index (χ1) is 11.7. The number of fused-ring (bicyclic) bond motifs is 1. The van der Waals surface area contributed by atoms with Gasteiger partial charge in [0.05, 0.1) is 24.1 Å². The highest BCUT2D eigenvalue weighted by atomic mass is 32.1. The second-order valence-corrected chi connectivity index (χ2v) is 6.16. The second kappa shape index (κ2) is 7.22. The third-order valence-electron chi connectivity index (χ3n) is 3.73. The molecule has 2 heterocycles. The van der Waals surface area contributed by atoms with Crippen LogP contribution in [0.25, 0.3) is 4.96 Å². The van der Waals surface area contributed by atoms with E-state index in [1.54, 1.807) is 23.1 Å². The van der Waals surface area contributed by atoms with E-state index in [1.165, 1.54) is 28.2 Å². The van der Waals surface area contributed by atoms with Crippen LogP contribution >= 0.6 is 11.3 Å². The van der Waals surface area contributed by atoms with E-state index < -0.39 is 11.9 Å². The molecule has 0 saturated heterocycles. The highest BCUT2D eigenvalue weighted by Gasteiger charge is 2.30. The molecule has 0 aliphatic heterocycles. The number of hydrogen-bond donors (Lipinski definition) is 3. The second-order valence-electron chi connectivity index (χ2n) is 5.15. The molecule has 1 aromatic carbocycles. The van der Waals surface area contributed by atoms with Crippen molar-refractivity contribution in [3.8, 4) is 5.88 Å². The van der Waals surface area contributed by atoms with Crippen LogP contribution in [0.4, 0.5) is 4.39 Å². The molecule has 7 nitrogen and oxygen atoms in total. The maximum absolute atomic E-state index is 14.4. The summed E-state index contributed by atoms with van der Waals surface area (Å²) in [5.74, 6) is -0.552. The summed E-state index contributed by atoms with van der Waals surface area (Å²) < 4.78 is 15.7. The molecule has 0 bridgehead atoms. The summed E-state index contributed by atoms with van der Waals surface area (Å²) in [6, 6.07) is 5.58. The molecule has 0 spiro atoms. The number of rotatable bonds is 7. The zero-order valence-corrected chi connectivity index (χ0v) is 13.5. The number of nitrogens with zero attached hydrogens (tertiary/aromatic N) is 4. The molecule has 3 rings (SSSR count). The average Bonchev–Trinajstić information content (AvgIpc) is 3.14. The molecule has 24 heavy (non-hydrogen) atoms. The summed E-state index contributed by atoms with van der Waals surface area (Å²) in [5.41, 5.74) is 0.346. The predicted octanol–water partition coefficient (Wildman–Crippen LogP) is 1.01. The van der Waals surface area contributed by atoms with Gasteiger partial charge in [-0.25, -0.2) is 9.37 Å². The van der Waals surface area contributed by atoms with Gasteiger partial charge in [0.15, 0.2) is 0 Å². The molecule has 0 radical (unpaired) electrons. The minimum atomic E-state index is -0.668. The fraction of sp³-hybridized carbons (Fsp3) is 0.333. The van der Waals surface area contributed by atoms with E-state index in [9.17, 15) is 19.7 Å². The number of aliphatic hydroxyl groups is 2. The molecule has 1 unspecified atom stereocenters. The van der Waals surface area contributed by atoms with Crippen molar-refractivity contribution in [3.05, 3.63) is 46.9 Å². The Balaban J connectivity index is 2.15. The lowest BCUT2D eigenvalue weighted by Crippen LogP contribution is -2.34. The number of aromatic hydroxyl groups is 1. The van der Waals surface area contributed by atoms with Gasteiger partial charge < -0.3 is 15.3 Å². The fourth-order valence-corrected chi connectivity index (χ4v) is 3.78. The Kier molecular flexibility index (Phi) is 5.05. The van der Waals surface area contributed by atoms with Crippen LogP contribution in [0.2, 0.25) is 0 Å². The van der Waals surface area contributed by atoms with E-state index in [0.29, 0.717) is 15.4 Å². The van der Waals surface area contributed by atoms with Crippen LogP contribution in [0.5, 0.6) is 5.88 Å². The summed E-state index contributed by atoms with van der Waals surface area (Å²) in [6.45, 7) is 0.109. The molecule has 9 heteroatoms. The molecule has 3 N–H and O–H groups in total. The topological polar surface area (TPSA) is 94.1 Å². The van der Waals surface area contributed by atoms with Gasteiger partial charge in [0, 0.05) is 18.7 Å². The number of halogens is 1. The van der Waals surface area contributed by atoms with Crippen molar-refractivity contribution in [2.45, 2.75) is 6.04 Å². The highest BCUT2D eigenvalue weighted by molar-refractivity contribution is 7.17. The van der Waals surface area contributed by atoms with Gasteiger partial charge in [0.2, 0.25) is 10.8 Å². The number of hydrogen-bond acceptors (Lipinski definition) is 7. The zero-order valence-electron chi connectivity index (χ0n) is 12.7. The average molecular weight is 352 g/mol. The SMILES string of the molecule is OCCN(CCO)C(c1ccccc1F)c1sc2ncnn2c1O. The first-order valence-electron chi connectivity index (χ1n) is 7.39. The van der Waals surface area contributed by atoms with Crippen LogP contribution in [0.15, 0.2) is 30.6 Å². The first-order valence-corrected chi connectivity index (χ1v) is 8.20. The Morgan fingerprint density at radius 2 is 1.92 bits per heavy atom. The van der Waals surface area contributed by atoms with Crippen LogP contribution < -0.4 is 0 Å². The van der Waals surface area contributed by atoms with E-state index in [4.69, 9.17) is 0 Å². The fourth-order valence-electron chi connectivity index (χ4n) is 2.70. The van der Waals surface area contributed by atoms with Gasteiger partial charge in [-0.2, -0.15) is 9.61 Å². The molecule has 1 atom stereocenters. The number of aromatic nitrogens is 3. The van der Waals surface area contributed by atoms with Gasteiger partial charge in [0.1, 0.15) is 12.1 Å². The standard InChI is InChI=1S/C15H17FN4O3S/c16-11-4-2-1-3-10(11)12(19(5-7-21)6-8-22)13-14(23)20-15(24-13)17-9-18-20/h1-4,9,12,21-23H,5-8H2. The summed E-state index contributed by atoms with van der Waals surface area (Å²) in [5, 5.41) is 33.1. The van der Waals surface area contributed by atoms with Gasteiger partial charge in [-0.1, -0.05) is 29.5 Å². The molecular formula is C15H17FN4O3S. The molecule has 128 valence electrons. The lowest BCUT2D eigenvalue weighted by Gasteiger charge is -2.30. The van der Waals surface area contributed by atoms with E-state index in [-0.39, 0.29) is 32.2 Å². The summed E-state index contributed by atoms with van der Waals surface area (Å²) in [6.07, 6.45) is 1.33. The lowest BCUT2D eigenvalue weighted by atomic mass is 10.0. The van der Waals surface area contributed by atoms with Crippen molar-refractivity contribution in [2.24, 2.45) is 0 Å². The Morgan fingerprint density at radius 3 is 2.54 bits per heavy atom. The number of thiazole rings is 1. The zero-order chi connectivity index (χ0) is 17.1. The molecule has 0 amide bonds. The van der Waals surface area contributed by atoms with Gasteiger partial charge in [-0.3, -0.25) is 4.90 Å². The van der Waals surface area contributed by atoms with E-state index in [0.717, 1.165) is 0 Å². The number of benzene rings is 1. The number of aliphatic hydroxyl groups excluding tert-OH is 2. The van der Waals surface area contributed by atoms with Gasteiger partial charge >= 0.3 is 0 Å². The van der Waals surface area contributed by atoms with Crippen molar-refractivity contribution in [2.75, 3.05) is 26.3 Å². The van der Waals surface area contributed by atoms with Crippen LogP contribution in [0, 0.1) is 5.82 Å². The minimum Gasteiger partial charge on any atom is -0.492 e. The van der Waals surface area contributed by atoms with Crippen molar-refractivity contribution < 1.29 is 19.7 Å². The third-order valence-corrected chi connectivity index (χ3v) is 4.81. The Bertz CT molecular complexity index is 816. The van der Waals surface area contributed by atoms with Gasteiger partial charge in [-0.05, 0) is 6.07 Å². The van der Waals surface area contributed by atoms with Gasteiger partial charge in [-0.15, -0.1) is 0 Å². The van der Waals surface area contributed by atoms with E-state index in [2.05, 4.69) is 10.1 Å². The summed E-state index contributed by atoms with van der Waals surface area (Å²) in [4.78, 5) is 6.70. The van der Waals surface area contributed by atoms with Crippen LogP contribution in [-0.2, 0) is 0 Å². The van der Waals surface area contributed by atoms with Crippen LogP contribution in [0.1, 0.15) is 16.5 Å². The van der Waals surface area contributed by atoms with Crippen molar-refractivity contribution in [3.63, 3.8) is 0 Å². The van der Waals surface area contributed by atoms with E-state index >= 15 is 0 Å². The summed E-state index contributed by atoms with van der Waals surface area (Å²) >= 11 is 1.19. The van der Waals surface area contributed by atoms with Gasteiger partial charge in [0.25, 0.3) is 0 Å². The monoisotopic (exact) mass is 352 g/mol. The first kappa shape index (κ1) is 16.8. The molecule has 0 aliphatic rings. The molecular weight excluding hydrogens is 335 g/mol. The Morgan fingerprint density at radius 1 is 1.21 bits per heavy atom. The van der Waals surface area contributed by atoms with Crippen molar-refractivity contribution in [1.82, 2.24) is 19.5 Å². The Labute approximate surface area is 141 Å².